The van der Waals surface area contributed by atoms with Gasteiger partial charge in [-0.15, -0.1) is 0 Å². The number of halogens is 1. The topological polar surface area (TPSA) is 21.3 Å². The van der Waals surface area contributed by atoms with Gasteiger partial charge < -0.3 is 10.1 Å². The molecule has 1 heterocycles. The summed E-state index contributed by atoms with van der Waals surface area (Å²) in [4.78, 5) is 0. The predicted molar refractivity (Wildman–Crippen MR) is 75.2 cm³/mol. The van der Waals surface area contributed by atoms with Crippen LogP contribution in [0.25, 0.3) is 11.1 Å². The van der Waals surface area contributed by atoms with Crippen LogP contribution in [0, 0.1) is 5.82 Å². The Labute approximate surface area is 112 Å². The van der Waals surface area contributed by atoms with Crippen molar-refractivity contribution in [1.29, 1.82) is 0 Å². The number of hydrogen-bond acceptors (Lipinski definition) is 2. The molecular formula is C16H16FNO. The first kappa shape index (κ1) is 12.0. The zero-order valence-corrected chi connectivity index (χ0v) is 10.9. The summed E-state index contributed by atoms with van der Waals surface area (Å²) >= 11 is 0. The molecule has 0 spiro atoms. The smallest absolute Gasteiger partial charge is 0.134 e. The molecule has 1 aliphatic rings. The molecule has 0 fully saturated rings. The van der Waals surface area contributed by atoms with Crippen LogP contribution >= 0.6 is 0 Å². The lowest BCUT2D eigenvalue weighted by atomic mass is 9.97. The summed E-state index contributed by atoms with van der Waals surface area (Å²) in [7, 11) is 1.54. The molecular weight excluding hydrogens is 241 g/mol. The first-order valence-electron chi connectivity index (χ1n) is 6.48. The Balaban J connectivity index is 2.02. The van der Waals surface area contributed by atoms with Gasteiger partial charge in [-0.1, -0.05) is 12.1 Å². The Morgan fingerprint density at radius 3 is 2.84 bits per heavy atom. The summed E-state index contributed by atoms with van der Waals surface area (Å²) < 4.78 is 19.1. The van der Waals surface area contributed by atoms with Crippen molar-refractivity contribution in [3.8, 4) is 16.9 Å². The van der Waals surface area contributed by atoms with Crippen molar-refractivity contribution in [2.45, 2.75) is 12.8 Å². The normalized spacial score (nSPS) is 13.6. The molecule has 0 aliphatic carbocycles. The maximum atomic E-state index is 14.1. The van der Waals surface area contributed by atoms with Crippen LogP contribution in [0.5, 0.6) is 5.75 Å². The quantitative estimate of drug-likeness (QED) is 0.882. The third kappa shape index (κ3) is 2.28. The van der Waals surface area contributed by atoms with Gasteiger partial charge in [0.05, 0.1) is 7.11 Å². The highest BCUT2D eigenvalue weighted by atomic mass is 19.1. The standard InChI is InChI=1S/C16H16FNO/c1-19-13-6-7-14(15(17)10-13)12-5-4-11-3-2-8-18-16(11)9-12/h4-7,9-10,18H,2-3,8H2,1H3. The van der Waals surface area contributed by atoms with Gasteiger partial charge >= 0.3 is 0 Å². The van der Waals surface area contributed by atoms with Crippen molar-refractivity contribution in [2.24, 2.45) is 0 Å². The maximum absolute atomic E-state index is 14.1. The van der Waals surface area contributed by atoms with Crippen molar-refractivity contribution in [2.75, 3.05) is 19.0 Å². The van der Waals surface area contributed by atoms with E-state index in [1.807, 2.05) is 12.1 Å². The fraction of sp³-hybridized carbons (Fsp3) is 0.250. The Kier molecular flexibility index (Phi) is 3.11. The molecule has 0 aromatic heterocycles. The van der Waals surface area contributed by atoms with E-state index in [9.17, 15) is 4.39 Å². The number of hydrogen-bond donors (Lipinski definition) is 1. The highest BCUT2D eigenvalue weighted by molar-refractivity contribution is 5.71. The lowest BCUT2D eigenvalue weighted by Gasteiger charge is -2.19. The number of methoxy groups -OCH3 is 1. The van der Waals surface area contributed by atoms with E-state index in [0.29, 0.717) is 11.3 Å². The van der Waals surface area contributed by atoms with E-state index in [2.05, 4.69) is 11.4 Å². The highest BCUT2D eigenvalue weighted by Crippen LogP contribution is 2.31. The summed E-state index contributed by atoms with van der Waals surface area (Å²) in [5, 5.41) is 3.37. The summed E-state index contributed by atoms with van der Waals surface area (Å²) in [6.45, 7) is 0.988. The second-order valence-corrected chi connectivity index (χ2v) is 4.75. The van der Waals surface area contributed by atoms with Crippen molar-refractivity contribution >= 4 is 5.69 Å². The molecule has 98 valence electrons. The molecule has 0 amide bonds. The van der Waals surface area contributed by atoms with Crippen LogP contribution in [-0.2, 0) is 6.42 Å². The van der Waals surface area contributed by atoms with Gasteiger partial charge in [0, 0.05) is 23.9 Å². The van der Waals surface area contributed by atoms with Gasteiger partial charge in [-0.3, -0.25) is 0 Å². The Morgan fingerprint density at radius 1 is 1.16 bits per heavy atom. The molecule has 3 heteroatoms. The number of aryl methyl sites for hydroxylation is 1. The number of fused-ring (bicyclic) bond motifs is 1. The molecule has 2 aromatic rings. The van der Waals surface area contributed by atoms with E-state index in [-0.39, 0.29) is 5.82 Å². The van der Waals surface area contributed by atoms with Crippen LogP contribution in [0.15, 0.2) is 36.4 Å². The average molecular weight is 257 g/mol. The number of nitrogens with one attached hydrogen (secondary N) is 1. The lowest BCUT2D eigenvalue weighted by molar-refractivity contribution is 0.411. The van der Waals surface area contributed by atoms with Gasteiger partial charge in [-0.05, 0) is 42.2 Å². The summed E-state index contributed by atoms with van der Waals surface area (Å²) in [6.07, 6.45) is 2.25. The SMILES string of the molecule is COc1ccc(-c2ccc3c(c2)NCCC3)c(F)c1. The minimum atomic E-state index is -0.255. The van der Waals surface area contributed by atoms with Crippen molar-refractivity contribution in [1.82, 2.24) is 0 Å². The molecule has 1 aliphatic heterocycles. The number of ether oxygens (including phenoxy) is 1. The van der Waals surface area contributed by atoms with Gasteiger partial charge in [0.25, 0.3) is 0 Å². The minimum Gasteiger partial charge on any atom is -0.497 e. The van der Waals surface area contributed by atoms with E-state index in [4.69, 9.17) is 4.74 Å². The molecule has 0 radical (unpaired) electrons. The van der Waals surface area contributed by atoms with Crippen molar-refractivity contribution in [3.63, 3.8) is 0 Å². The molecule has 1 N–H and O–H groups in total. The minimum absolute atomic E-state index is 0.255. The molecule has 0 saturated carbocycles. The largest absolute Gasteiger partial charge is 0.497 e. The van der Waals surface area contributed by atoms with Gasteiger partial charge in [-0.25, -0.2) is 4.39 Å². The number of anilines is 1. The van der Waals surface area contributed by atoms with Crippen LogP contribution < -0.4 is 10.1 Å². The van der Waals surface area contributed by atoms with Crippen molar-refractivity contribution in [3.05, 3.63) is 47.8 Å². The molecule has 19 heavy (non-hydrogen) atoms. The van der Waals surface area contributed by atoms with Crippen LogP contribution in [0.2, 0.25) is 0 Å². The second-order valence-electron chi connectivity index (χ2n) is 4.75. The van der Waals surface area contributed by atoms with Crippen LogP contribution in [0.3, 0.4) is 0 Å². The third-order valence-corrected chi connectivity index (χ3v) is 3.54. The highest BCUT2D eigenvalue weighted by Gasteiger charge is 2.12. The molecule has 0 atom stereocenters. The van der Waals surface area contributed by atoms with Gasteiger partial charge in [0.15, 0.2) is 0 Å². The zero-order chi connectivity index (χ0) is 13.2. The van der Waals surface area contributed by atoms with Crippen molar-refractivity contribution < 1.29 is 9.13 Å². The number of rotatable bonds is 2. The van der Waals surface area contributed by atoms with E-state index < -0.39 is 0 Å². The Morgan fingerprint density at radius 2 is 2.05 bits per heavy atom. The van der Waals surface area contributed by atoms with Crippen LogP contribution in [0.4, 0.5) is 10.1 Å². The van der Waals surface area contributed by atoms with E-state index >= 15 is 0 Å². The second kappa shape index (κ2) is 4.92. The summed E-state index contributed by atoms with van der Waals surface area (Å²) in [5.41, 5.74) is 3.94. The fourth-order valence-corrected chi connectivity index (χ4v) is 2.49. The number of benzene rings is 2. The lowest BCUT2D eigenvalue weighted by Crippen LogP contribution is -2.11. The summed E-state index contributed by atoms with van der Waals surface area (Å²) in [6, 6.07) is 11.1. The first-order chi connectivity index (χ1) is 9.28. The molecule has 3 rings (SSSR count). The summed E-state index contributed by atoms with van der Waals surface area (Å²) in [5.74, 6) is 0.285. The van der Waals surface area contributed by atoms with Gasteiger partial charge in [0.2, 0.25) is 0 Å². The molecule has 0 unspecified atom stereocenters. The fourth-order valence-electron chi connectivity index (χ4n) is 2.49. The van der Waals surface area contributed by atoms with Gasteiger partial charge in [0.1, 0.15) is 11.6 Å². The molecule has 2 nitrogen and oxygen atoms in total. The maximum Gasteiger partial charge on any atom is 0.134 e. The Bertz CT molecular complexity index is 610. The van der Waals surface area contributed by atoms with Crippen LogP contribution in [-0.4, -0.2) is 13.7 Å². The molecule has 2 aromatic carbocycles. The van der Waals surface area contributed by atoms with E-state index in [1.54, 1.807) is 12.1 Å². The zero-order valence-electron chi connectivity index (χ0n) is 10.9. The van der Waals surface area contributed by atoms with Gasteiger partial charge in [-0.2, -0.15) is 0 Å². The molecule has 0 saturated heterocycles. The monoisotopic (exact) mass is 257 g/mol. The first-order valence-corrected chi connectivity index (χ1v) is 6.48. The van der Waals surface area contributed by atoms with E-state index in [1.165, 1.54) is 18.7 Å². The Hall–Kier alpha value is -2.03. The molecule has 0 bridgehead atoms. The van der Waals surface area contributed by atoms with Crippen LogP contribution in [0.1, 0.15) is 12.0 Å². The predicted octanol–water partition coefficient (Wildman–Crippen LogP) is 3.86. The average Bonchev–Trinajstić information content (AvgIpc) is 2.46. The van der Waals surface area contributed by atoms with E-state index in [0.717, 1.165) is 30.6 Å². The third-order valence-electron chi connectivity index (χ3n) is 3.54.